The lowest BCUT2D eigenvalue weighted by atomic mass is 9.86. The molecule has 0 bridgehead atoms. The molecule has 0 saturated heterocycles. The van der Waals surface area contributed by atoms with Gasteiger partial charge in [-0.05, 0) is 63.1 Å². The lowest BCUT2D eigenvalue weighted by Crippen LogP contribution is -2.45. The minimum atomic E-state index is -0.732. The van der Waals surface area contributed by atoms with Crippen molar-refractivity contribution in [3.8, 4) is 17.2 Å². The summed E-state index contributed by atoms with van der Waals surface area (Å²) in [5.41, 5.74) is 9.00. The van der Waals surface area contributed by atoms with Gasteiger partial charge in [0.05, 0.1) is 19.1 Å². The molecular weight excluding hydrogens is 330 g/mol. The number of carbonyl (C=O) groups excluding carboxylic acids is 1. The van der Waals surface area contributed by atoms with Gasteiger partial charge in [0, 0.05) is 11.3 Å². The summed E-state index contributed by atoms with van der Waals surface area (Å²) in [4.78, 5) is 12.9. The zero-order valence-corrected chi connectivity index (χ0v) is 15.9. The molecule has 0 radical (unpaired) electrons. The maximum atomic E-state index is 12.9. The minimum Gasteiger partial charge on any atom is -0.496 e. The van der Waals surface area contributed by atoms with Gasteiger partial charge in [-0.1, -0.05) is 0 Å². The van der Waals surface area contributed by atoms with E-state index in [1.165, 1.54) is 0 Å². The third kappa shape index (κ3) is 3.09. The number of nitrogens with two attached hydrogens (primary N) is 1. The van der Waals surface area contributed by atoms with Gasteiger partial charge in [0.25, 0.3) is 0 Å². The van der Waals surface area contributed by atoms with E-state index in [0.29, 0.717) is 22.7 Å². The van der Waals surface area contributed by atoms with E-state index in [-0.39, 0.29) is 18.8 Å². The van der Waals surface area contributed by atoms with Crippen molar-refractivity contribution in [2.24, 2.45) is 0 Å². The molecule has 0 saturated carbocycles. The highest BCUT2D eigenvalue weighted by atomic mass is 16.5. The lowest BCUT2D eigenvalue weighted by Gasteiger charge is -2.36. The minimum absolute atomic E-state index is 0.0496. The highest BCUT2D eigenvalue weighted by Crippen LogP contribution is 2.43. The number of anilines is 1. The van der Waals surface area contributed by atoms with Crippen LogP contribution >= 0.6 is 0 Å². The number of ketones is 1. The number of rotatable bonds is 4. The van der Waals surface area contributed by atoms with Crippen molar-refractivity contribution in [2.45, 2.75) is 39.7 Å². The molecule has 0 fully saturated rings. The molecule has 26 heavy (non-hydrogen) atoms. The molecule has 5 nitrogen and oxygen atoms in total. The predicted molar refractivity (Wildman–Crippen MR) is 102 cm³/mol. The molecule has 1 heterocycles. The van der Waals surface area contributed by atoms with E-state index in [9.17, 15) is 4.79 Å². The Morgan fingerprint density at radius 1 is 1.12 bits per heavy atom. The predicted octanol–water partition coefficient (Wildman–Crippen LogP) is 4.01. The maximum Gasteiger partial charge on any atom is 0.171 e. The number of nitrogen functional groups attached to an aromatic ring is 1. The maximum absolute atomic E-state index is 12.9. The molecule has 0 spiro atoms. The van der Waals surface area contributed by atoms with Gasteiger partial charge in [0.2, 0.25) is 0 Å². The van der Waals surface area contributed by atoms with Crippen molar-refractivity contribution in [3.63, 3.8) is 0 Å². The van der Waals surface area contributed by atoms with Gasteiger partial charge in [-0.15, -0.1) is 0 Å². The highest BCUT2D eigenvalue weighted by Gasteiger charge is 2.40. The van der Waals surface area contributed by atoms with Crippen LogP contribution in [0.3, 0.4) is 0 Å². The van der Waals surface area contributed by atoms with Gasteiger partial charge in [0.15, 0.2) is 5.78 Å². The van der Waals surface area contributed by atoms with Gasteiger partial charge in [-0.2, -0.15) is 0 Å². The Labute approximate surface area is 154 Å². The Morgan fingerprint density at radius 3 is 2.38 bits per heavy atom. The SMILES string of the molecule is COc1c(C)c(C)c2c(c1C)C(=O)CC(C)(COc1ccc(N)cc1)O2. The first kappa shape index (κ1) is 18.1. The van der Waals surface area contributed by atoms with Gasteiger partial charge in [-0.25, -0.2) is 0 Å². The fourth-order valence-electron chi connectivity index (χ4n) is 3.45. The summed E-state index contributed by atoms with van der Waals surface area (Å²) in [5, 5.41) is 0. The molecule has 2 aromatic carbocycles. The molecule has 0 amide bonds. The molecule has 0 aromatic heterocycles. The first-order valence-corrected chi connectivity index (χ1v) is 8.64. The summed E-state index contributed by atoms with van der Waals surface area (Å²) in [6.07, 6.45) is 0.251. The van der Waals surface area contributed by atoms with Crippen molar-refractivity contribution in [1.29, 1.82) is 0 Å². The zero-order chi connectivity index (χ0) is 19.1. The van der Waals surface area contributed by atoms with E-state index in [1.54, 1.807) is 19.2 Å². The average molecular weight is 355 g/mol. The monoisotopic (exact) mass is 355 g/mol. The van der Waals surface area contributed by atoms with Crippen LogP contribution < -0.4 is 19.9 Å². The van der Waals surface area contributed by atoms with Crippen molar-refractivity contribution in [3.05, 3.63) is 46.5 Å². The molecule has 1 aliphatic heterocycles. The van der Waals surface area contributed by atoms with Crippen LogP contribution in [-0.2, 0) is 0 Å². The van der Waals surface area contributed by atoms with Crippen molar-refractivity contribution in [2.75, 3.05) is 19.5 Å². The Kier molecular flexibility index (Phi) is 4.57. The third-order valence-corrected chi connectivity index (χ3v) is 4.98. The molecule has 1 atom stereocenters. The molecule has 2 aromatic rings. The number of fused-ring (bicyclic) bond motifs is 1. The number of benzene rings is 2. The number of methoxy groups -OCH3 is 1. The molecule has 138 valence electrons. The van der Waals surface area contributed by atoms with E-state index in [1.807, 2.05) is 39.8 Å². The van der Waals surface area contributed by atoms with Crippen LogP contribution in [-0.4, -0.2) is 25.1 Å². The van der Waals surface area contributed by atoms with Gasteiger partial charge < -0.3 is 19.9 Å². The third-order valence-electron chi connectivity index (χ3n) is 4.98. The number of ether oxygens (including phenoxy) is 3. The number of hydrogen-bond donors (Lipinski definition) is 1. The van der Waals surface area contributed by atoms with Gasteiger partial charge >= 0.3 is 0 Å². The number of hydrogen-bond acceptors (Lipinski definition) is 5. The largest absolute Gasteiger partial charge is 0.496 e. The summed E-state index contributed by atoms with van der Waals surface area (Å²) >= 11 is 0. The summed E-state index contributed by atoms with van der Waals surface area (Å²) in [6.45, 7) is 8.01. The van der Waals surface area contributed by atoms with E-state index < -0.39 is 5.60 Å². The molecule has 3 rings (SSSR count). The second-order valence-electron chi connectivity index (χ2n) is 7.12. The van der Waals surface area contributed by atoms with Crippen LogP contribution in [0.5, 0.6) is 17.2 Å². The summed E-state index contributed by atoms with van der Waals surface area (Å²) in [5.74, 6) is 2.13. The Hall–Kier alpha value is -2.69. The van der Waals surface area contributed by atoms with Crippen LogP contribution in [0.2, 0.25) is 0 Å². The first-order chi connectivity index (χ1) is 12.3. The molecule has 1 unspecified atom stereocenters. The van der Waals surface area contributed by atoms with E-state index in [2.05, 4.69) is 0 Å². The van der Waals surface area contributed by atoms with Crippen LogP contribution in [0.25, 0.3) is 0 Å². The van der Waals surface area contributed by atoms with Crippen molar-refractivity contribution >= 4 is 11.5 Å². The molecule has 1 aliphatic rings. The number of Topliss-reactive ketones (excluding diaryl/α,β-unsaturated/α-hetero) is 1. The fourth-order valence-corrected chi connectivity index (χ4v) is 3.45. The molecule has 2 N–H and O–H groups in total. The van der Waals surface area contributed by atoms with Crippen LogP contribution in [0.15, 0.2) is 24.3 Å². The first-order valence-electron chi connectivity index (χ1n) is 8.64. The molecule has 0 aliphatic carbocycles. The summed E-state index contributed by atoms with van der Waals surface area (Å²) < 4.78 is 17.7. The van der Waals surface area contributed by atoms with Crippen LogP contribution in [0.4, 0.5) is 5.69 Å². The molecular formula is C21H25NO4. The van der Waals surface area contributed by atoms with E-state index in [0.717, 1.165) is 22.4 Å². The fraction of sp³-hybridized carbons (Fsp3) is 0.381. The van der Waals surface area contributed by atoms with Gasteiger partial charge in [-0.3, -0.25) is 4.79 Å². The standard InChI is InChI=1S/C21H25NO4/c1-12-13(2)20-18(14(3)19(12)24-5)17(23)10-21(4,26-20)11-25-16-8-6-15(22)7-9-16/h6-9H,10-11,22H2,1-5H3. The van der Waals surface area contributed by atoms with Crippen molar-refractivity contribution in [1.82, 2.24) is 0 Å². The van der Waals surface area contributed by atoms with Crippen LogP contribution in [0.1, 0.15) is 40.4 Å². The zero-order valence-electron chi connectivity index (χ0n) is 15.9. The molecule has 5 heteroatoms. The summed E-state index contributed by atoms with van der Waals surface area (Å²) in [7, 11) is 1.62. The quantitative estimate of drug-likeness (QED) is 0.839. The van der Waals surface area contributed by atoms with Crippen molar-refractivity contribution < 1.29 is 19.0 Å². The van der Waals surface area contributed by atoms with E-state index in [4.69, 9.17) is 19.9 Å². The second kappa shape index (κ2) is 6.56. The second-order valence-corrected chi connectivity index (χ2v) is 7.12. The topological polar surface area (TPSA) is 70.8 Å². The summed E-state index contributed by atoms with van der Waals surface area (Å²) in [6, 6.07) is 7.18. The normalized spacial score (nSPS) is 18.9. The van der Waals surface area contributed by atoms with Gasteiger partial charge in [0.1, 0.15) is 29.5 Å². The smallest absolute Gasteiger partial charge is 0.171 e. The Morgan fingerprint density at radius 2 is 1.77 bits per heavy atom. The lowest BCUT2D eigenvalue weighted by molar-refractivity contribution is 0.0182. The number of carbonyl (C=O) groups is 1. The average Bonchev–Trinajstić information content (AvgIpc) is 2.59. The Balaban J connectivity index is 1.91. The van der Waals surface area contributed by atoms with E-state index >= 15 is 0 Å². The highest BCUT2D eigenvalue weighted by molar-refractivity contribution is 6.03. The Bertz CT molecular complexity index is 858. The van der Waals surface area contributed by atoms with Crippen LogP contribution in [0, 0.1) is 20.8 Å².